The quantitative estimate of drug-likeness (QED) is 0.774. The molecule has 0 heterocycles. The van der Waals surface area contributed by atoms with E-state index in [1.165, 1.54) is 32.4 Å². The Morgan fingerprint density at radius 3 is 2.43 bits per heavy atom. The van der Waals surface area contributed by atoms with Gasteiger partial charge in [-0.1, -0.05) is 6.92 Å². The lowest BCUT2D eigenvalue weighted by Crippen LogP contribution is -2.36. The van der Waals surface area contributed by atoms with Gasteiger partial charge in [-0.05, 0) is 18.6 Å². The summed E-state index contributed by atoms with van der Waals surface area (Å²) in [6.45, 7) is 1.30. The van der Waals surface area contributed by atoms with Crippen molar-refractivity contribution in [3.63, 3.8) is 0 Å². The van der Waals surface area contributed by atoms with Crippen LogP contribution in [0.5, 0.6) is 11.5 Å². The molecule has 0 fully saturated rings. The molecule has 7 nitrogen and oxygen atoms in total. The number of benzene rings is 1. The van der Waals surface area contributed by atoms with Crippen LogP contribution in [-0.4, -0.2) is 51.1 Å². The fraction of sp³-hybridized carbons (Fsp3) is 0.462. The van der Waals surface area contributed by atoms with Crippen molar-refractivity contribution in [1.82, 2.24) is 4.31 Å². The Bertz CT molecular complexity index is 599. The van der Waals surface area contributed by atoms with Crippen LogP contribution in [0.1, 0.15) is 13.3 Å². The molecule has 0 aliphatic heterocycles. The van der Waals surface area contributed by atoms with Crippen molar-refractivity contribution in [2.24, 2.45) is 0 Å². The largest absolute Gasteiger partial charge is 0.497 e. The normalized spacial score (nSPS) is 11.4. The molecule has 8 heteroatoms. The topological polar surface area (TPSA) is 93.1 Å². The van der Waals surface area contributed by atoms with Crippen molar-refractivity contribution in [1.29, 1.82) is 0 Å². The molecule has 21 heavy (non-hydrogen) atoms. The highest BCUT2D eigenvalue weighted by Crippen LogP contribution is 2.30. The summed E-state index contributed by atoms with van der Waals surface area (Å²) in [5, 5.41) is 8.87. The van der Waals surface area contributed by atoms with Gasteiger partial charge >= 0.3 is 5.97 Å². The predicted octanol–water partition coefficient (Wildman–Crippen LogP) is 1.19. The molecule has 118 valence electrons. The van der Waals surface area contributed by atoms with Crippen LogP contribution in [-0.2, 0) is 14.8 Å². The lowest BCUT2D eigenvalue weighted by Gasteiger charge is -2.21. The summed E-state index contributed by atoms with van der Waals surface area (Å²) in [7, 11) is -1.16. The zero-order valence-corrected chi connectivity index (χ0v) is 13.0. The maximum absolute atomic E-state index is 12.6. The molecule has 0 aromatic heterocycles. The maximum Gasteiger partial charge on any atom is 0.318 e. The SMILES string of the molecule is CCCN(CC(=O)O)S(=O)(=O)c1ccc(OC)cc1OC. The molecule has 0 aliphatic carbocycles. The molecule has 1 aromatic carbocycles. The van der Waals surface area contributed by atoms with Crippen LogP contribution in [0.4, 0.5) is 0 Å². The van der Waals surface area contributed by atoms with E-state index in [4.69, 9.17) is 14.6 Å². The van der Waals surface area contributed by atoms with Gasteiger partial charge in [-0.15, -0.1) is 0 Å². The van der Waals surface area contributed by atoms with Crippen molar-refractivity contribution in [2.75, 3.05) is 27.3 Å². The number of hydrogen-bond acceptors (Lipinski definition) is 5. The zero-order chi connectivity index (χ0) is 16.0. The molecule has 0 saturated heterocycles. The molecule has 0 bridgehead atoms. The molecule has 0 saturated carbocycles. The second kappa shape index (κ2) is 7.28. The summed E-state index contributed by atoms with van der Waals surface area (Å²) in [5.74, 6) is -0.647. The van der Waals surface area contributed by atoms with Crippen LogP contribution in [0.2, 0.25) is 0 Å². The van der Waals surface area contributed by atoms with Crippen molar-refractivity contribution in [3.05, 3.63) is 18.2 Å². The highest BCUT2D eigenvalue weighted by Gasteiger charge is 2.29. The van der Waals surface area contributed by atoms with E-state index in [0.29, 0.717) is 12.2 Å². The molecule has 0 aliphatic rings. The lowest BCUT2D eigenvalue weighted by molar-refractivity contribution is -0.137. The monoisotopic (exact) mass is 317 g/mol. The Morgan fingerprint density at radius 1 is 1.29 bits per heavy atom. The molecule has 0 spiro atoms. The van der Waals surface area contributed by atoms with Gasteiger partial charge in [-0.3, -0.25) is 4.79 Å². The van der Waals surface area contributed by atoms with Gasteiger partial charge in [0.1, 0.15) is 22.9 Å². The Morgan fingerprint density at radius 2 is 1.95 bits per heavy atom. The summed E-state index contributed by atoms with van der Waals surface area (Å²) < 4.78 is 36.2. The Hall–Kier alpha value is -1.80. The van der Waals surface area contributed by atoms with Gasteiger partial charge in [-0.25, -0.2) is 8.42 Å². The van der Waals surface area contributed by atoms with E-state index in [9.17, 15) is 13.2 Å². The molecule has 0 radical (unpaired) electrons. The molecule has 0 amide bonds. The summed E-state index contributed by atoms with van der Waals surface area (Å²) in [5.41, 5.74) is 0. The van der Waals surface area contributed by atoms with Crippen molar-refractivity contribution in [3.8, 4) is 11.5 Å². The van der Waals surface area contributed by atoms with E-state index in [-0.39, 0.29) is 17.2 Å². The smallest absolute Gasteiger partial charge is 0.318 e. The fourth-order valence-electron chi connectivity index (χ4n) is 1.81. The van der Waals surface area contributed by atoms with E-state index in [2.05, 4.69) is 0 Å². The number of hydrogen-bond donors (Lipinski definition) is 1. The van der Waals surface area contributed by atoms with E-state index >= 15 is 0 Å². The number of sulfonamides is 1. The number of aliphatic carboxylic acids is 1. The number of carboxylic acid groups (broad SMARTS) is 1. The molecule has 1 aromatic rings. The zero-order valence-electron chi connectivity index (χ0n) is 12.2. The number of ether oxygens (including phenoxy) is 2. The third-order valence-corrected chi connectivity index (χ3v) is 4.66. The number of rotatable bonds is 8. The Labute approximate surface area is 124 Å². The van der Waals surface area contributed by atoms with Crippen molar-refractivity contribution in [2.45, 2.75) is 18.2 Å². The molecular formula is C13H19NO6S. The van der Waals surface area contributed by atoms with E-state index < -0.39 is 22.5 Å². The van der Waals surface area contributed by atoms with Gasteiger partial charge in [0.15, 0.2) is 0 Å². The Kier molecular flexibility index (Phi) is 5.98. The van der Waals surface area contributed by atoms with Crippen molar-refractivity contribution >= 4 is 16.0 Å². The first-order valence-electron chi connectivity index (χ1n) is 6.30. The third-order valence-electron chi connectivity index (χ3n) is 2.77. The van der Waals surface area contributed by atoms with Crippen molar-refractivity contribution < 1.29 is 27.8 Å². The number of carboxylic acids is 1. The third kappa shape index (κ3) is 4.08. The summed E-state index contributed by atoms with van der Waals surface area (Å²) in [6.07, 6.45) is 0.505. The molecule has 1 N–H and O–H groups in total. The molecule has 0 unspecified atom stereocenters. The summed E-state index contributed by atoms with van der Waals surface area (Å²) in [4.78, 5) is 10.8. The van der Waals surface area contributed by atoms with Gasteiger partial charge in [0.25, 0.3) is 0 Å². The summed E-state index contributed by atoms with van der Waals surface area (Å²) in [6, 6.07) is 4.27. The minimum atomic E-state index is -3.95. The van der Waals surface area contributed by atoms with Gasteiger partial charge in [0.2, 0.25) is 10.0 Å². The average molecular weight is 317 g/mol. The van der Waals surface area contributed by atoms with Gasteiger partial charge in [0, 0.05) is 12.6 Å². The fourth-order valence-corrected chi connectivity index (χ4v) is 3.43. The van der Waals surface area contributed by atoms with Crippen LogP contribution in [0.3, 0.4) is 0 Å². The highest BCUT2D eigenvalue weighted by atomic mass is 32.2. The minimum absolute atomic E-state index is 0.0829. The lowest BCUT2D eigenvalue weighted by atomic mass is 10.3. The number of nitrogens with zero attached hydrogens (tertiary/aromatic N) is 1. The molecule has 0 atom stereocenters. The van der Waals surface area contributed by atoms with E-state index in [0.717, 1.165) is 4.31 Å². The van der Waals surface area contributed by atoms with Gasteiger partial charge in [0.05, 0.1) is 14.2 Å². The average Bonchev–Trinajstić information content (AvgIpc) is 2.45. The molecular weight excluding hydrogens is 298 g/mol. The second-order valence-corrected chi connectivity index (χ2v) is 6.16. The second-order valence-electron chi connectivity index (χ2n) is 4.25. The molecule has 1 rings (SSSR count). The standard InChI is InChI=1S/C13H19NO6S/c1-4-7-14(9-13(15)16)21(17,18)12-6-5-10(19-2)8-11(12)20-3/h5-6,8H,4,7,9H2,1-3H3,(H,15,16). The minimum Gasteiger partial charge on any atom is -0.497 e. The van der Waals surface area contributed by atoms with Crippen LogP contribution in [0, 0.1) is 0 Å². The first-order chi connectivity index (χ1) is 9.86. The summed E-state index contributed by atoms with van der Waals surface area (Å²) >= 11 is 0. The van der Waals surface area contributed by atoms with Crippen LogP contribution in [0.25, 0.3) is 0 Å². The maximum atomic E-state index is 12.6. The van der Waals surface area contributed by atoms with Crippen LogP contribution >= 0.6 is 0 Å². The van der Waals surface area contributed by atoms with E-state index in [1.807, 2.05) is 0 Å². The first-order valence-corrected chi connectivity index (χ1v) is 7.74. The number of methoxy groups -OCH3 is 2. The van der Waals surface area contributed by atoms with Gasteiger partial charge in [-0.2, -0.15) is 4.31 Å². The Balaban J connectivity index is 3.29. The highest BCUT2D eigenvalue weighted by molar-refractivity contribution is 7.89. The van der Waals surface area contributed by atoms with Crippen LogP contribution in [0.15, 0.2) is 23.1 Å². The van der Waals surface area contributed by atoms with Crippen LogP contribution < -0.4 is 9.47 Å². The predicted molar refractivity (Wildman–Crippen MR) is 76.2 cm³/mol. The van der Waals surface area contributed by atoms with Gasteiger partial charge < -0.3 is 14.6 Å². The number of carbonyl (C=O) groups is 1. The van der Waals surface area contributed by atoms with E-state index in [1.54, 1.807) is 6.92 Å². The first kappa shape index (κ1) is 17.3.